The Morgan fingerprint density at radius 1 is 1.67 bits per heavy atom. The zero-order valence-corrected chi connectivity index (χ0v) is 6.84. The normalized spacial score (nSPS) is 17.4. The molecule has 0 bridgehead atoms. The molecular weight excluding hydrogens is 188 g/mol. The van der Waals surface area contributed by atoms with Crippen molar-refractivity contribution in [2.24, 2.45) is 5.92 Å². The number of rotatable bonds is 2. The van der Waals surface area contributed by atoms with E-state index in [1.165, 1.54) is 0 Å². The highest BCUT2D eigenvalue weighted by molar-refractivity contribution is 9.10. The second kappa shape index (κ2) is 2.66. The lowest BCUT2D eigenvalue weighted by molar-refractivity contribution is -0.151. The van der Waals surface area contributed by atoms with Gasteiger partial charge in [0.25, 0.3) is 0 Å². The van der Waals surface area contributed by atoms with E-state index in [0.717, 1.165) is 0 Å². The molecule has 0 aromatic rings. The molecule has 0 amide bonds. The average molecular weight is 197 g/mol. The topological polar surface area (TPSA) is 57.5 Å². The number of carboxylic acid groups (broad SMARTS) is 1. The van der Waals surface area contributed by atoms with Crippen LogP contribution in [-0.4, -0.2) is 20.7 Å². The van der Waals surface area contributed by atoms with E-state index in [0.29, 0.717) is 0 Å². The molecule has 54 valence electrons. The minimum absolute atomic E-state index is 0.338. The van der Waals surface area contributed by atoms with E-state index in [-0.39, 0.29) is 5.92 Å². The van der Waals surface area contributed by atoms with Gasteiger partial charge in [-0.1, -0.05) is 13.8 Å². The van der Waals surface area contributed by atoms with Crippen LogP contribution in [0.15, 0.2) is 0 Å². The highest BCUT2D eigenvalue weighted by atomic mass is 79.9. The van der Waals surface area contributed by atoms with Crippen LogP contribution in [0.2, 0.25) is 0 Å². The van der Waals surface area contributed by atoms with Gasteiger partial charge in [0, 0.05) is 5.92 Å². The van der Waals surface area contributed by atoms with E-state index in [2.05, 4.69) is 15.9 Å². The number of halogens is 1. The summed E-state index contributed by atoms with van der Waals surface area (Å²) in [6, 6.07) is 0. The number of hydrogen-bond donors (Lipinski definition) is 2. The summed E-state index contributed by atoms with van der Waals surface area (Å²) < 4.78 is -1.77. The van der Waals surface area contributed by atoms with Gasteiger partial charge in [-0.2, -0.15) is 0 Å². The first-order chi connectivity index (χ1) is 3.89. The average Bonchev–Trinajstić information content (AvgIpc) is 1.65. The third-order valence-corrected chi connectivity index (χ3v) is 2.32. The van der Waals surface area contributed by atoms with Crippen molar-refractivity contribution in [2.45, 2.75) is 18.4 Å². The Morgan fingerprint density at radius 2 is 2.00 bits per heavy atom. The lowest BCUT2D eigenvalue weighted by atomic mass is 10.1. The first-order valence-electron chi connectivity index (χ1n) is 2.53. The van der Waals surface area contributed by atoms with E-state index in [1.807, 2.05) is 0 Å². The second-order valence-corrected chi connectivity index (χ2v) is 3.34. The summed E-state index contributed by atoms with van der Waals surface area (Å²) in [6.07, 6.45) is 0. The number of aliphatic hydroxyl groups is 1. The molecule has 0 saturated carbocycles. The predicted molar refractivity (Wildman–Crippen MR) is 36.4 cm³/mol. The minimum atomic E-state index is -1.77. The van der Waals surface area contributed by atoms with E-state index >= 15 is 0 Å². The van der Waals surface area contributed by atoms with Crippen molar-refractivity contribution < 1.29 is 15.0 Å². The summed E-state index contributed by atoms with van der Waals surface area (Å²) in [4.78, 5) is 10.2. The minimum Gasteiger partial charge on any atom is -0.478 e. The van der Waals surface area contributed by atoms with Crippen molar-refractivity contribution in [2.75, 3.05) is 0 Å². The third kappa shape index (κ3) is 1.95. The first kappa shape index (κ1) is 8.91. The molecule has 4 heteroatoms. The van der Waals surface area contributed by atoms with Gasteiger partial charge in [-0.3, -0.25) is 0 Å². The van der Waals surface area contributed by atoms with Crippen molar-refractivity contribution >= 4 is 21.9 Å². The fourth-order valence-electron chi connectivity index (χ4n) is 0.247. The van der Waals surface area contributed by atoms with E-state index in [4.69, 9.17) is 10.2 Å². The number of alkyl halides is 1. The second-order valence-electron chi connectivity index (χ2n) is 2.13. The molecule has 9 heavy (non-hydrogen) atoms. The number of carbonyl (C=O) groups is 1. The smallest absolute Gasteiger partial charge is 0.347 e. The summed E-state index contributed by atoms with van der Waals surface area (Å²) >= 11 is 2.67. The van der Waals surface area contributed by atoms with Crippen LogP contribution in [0, 0.1) is 5.92 Å². The standard InChI is InChI=1S/C5H9BrO3/c1-3(2)5(6,9)4(7)8/h3,9H,1-2H3,(H,7,8). The van der Waals surface area contributed by atoms with Gasteiger partial charge in [0.1, 0.15) is 0 Å². The summed E-state index contributed by atoms with van der Waals surface area (Å²) in [5.74, 6) is -1.59. The molecule has 0 saturated heterocycles. The SMILES string of the molecule is CC(C)C(O)(Br)C(=O)O. The highest BCUT2D eigenvalue weighted by Crippen LogP contribution is 2.23. The molecule has 0 rings (SSSR count). The Labute approximate surface area is 61.8 Å². The van der Waals surface area contributed by atoms with Gasteiger partial charge in [0.15, 0.2) is 0 Å². The fourth-order valence-corrected chi connectivity index (χ4v) is 0.247. The Morgan fingerprint density at radius 3 is 2.00 bits per heavy atom. The van der Waals surface area contributed by atoms with Gasteiger partial charge in [0.05, 0.1) is 0 Å². The quantitative estimate of drug-likeness (QED) is 0.644. The van der Waals surface area contributed by atoms with E-state index in [9.17, 15) is 4.79 Å². The van der Waals surface area contributed by atoms with Crippen molar-refractivity contribution in [3.8, 4) is 0 Å². The molecule has 0 aliphatic carbocycles. The zero-order valence-electron chi connectivity index (χ0n) is 5.26. The lowest BCUT2D eigenvalue weighted by Gasteiger charge is -2.19. The molecule has 0 heterocycles. The van der Waals surface area contributed by atoms with Gasteiger partial charge < -0.3 is 10.2 Å². The molecule has 0 aliphatic rings. The molecule has 0 aromatic heterocycles. The molecular formula is C5H9BrO3. The monoisotopic (exact) mass is 196 g/mol. The van der Waals surface area contributed by atoms with Crippen molar-refractivity contribution in [1.29, 1.82) is 0 Å². The van der Waals surface area contributed by atoms with Crippen LogP contribution in [-0.2, 0) is 4.79 Å². The fraction of sp³-hybridized carbons (Fsp3) is 0.800. The number of hydrogen-bond acceptors (Lipinski definition) is 2. The van der Waals surface area contributed by atoms with Crippen molar-refractivity contribution in [3.05, 3.63) is 0 Å². The van der Waals surface area contributed by atoms with Crippen molar-refractivity contribution in [3.63, 3.8) is 0 Å². The largest absolute Gasteiger partial charge is 0.478 e. The van der Waals surface area contributed by atoms with Crippen molar-refractivity contribution in [1.82, 2.24) is 0 Å². The summed E-state index contributed by atoms with van der Waals surface area (Å²) in [7, 11) is 0. The van der Waals surface area contributed by atoms with E-state index in [1.54, 1.807) is 13.8 Å². The van der Waals surface area contributed by atoms with Gasteiger partial charge in [-0.05, 0) is 15.9 Å². The predicted octanol–water partition coefficient (Wildman–Crippen LogP) is 0.810. The Hall–Kier alpha value is -0.0900. The molecule has 0 fully saturated rings. The number of carboxylic acids is 1. The third-order valence-electron chi connectivity index (χ3n) is 1.07. The van der Waals surface area contributed by atoms with Crippen LogP contribution in [0.25, 0.3) is 0 Å². The highest BCUT2D eigenvalue weighted by Gasteiger charge is 2.35. The van der Waals surface area contributed by atoms with Crippen LogP contribution in [0.4, 0.5) is 0 Å². The molecule has 0 spiro atoms. The molecule has 1 unspecified atom stereocenters. The molecule has 3 nitrogen and oxygen atoms in total. The summed E-state index contributed by atoms with van der Waals surface area (Å²) in [6.45, 7) is 3.23. The van der Waals surface area contributed by atoms with Crippen LogP contribution < -0.4 is 0 Å². The van der Waals surface area contributed by atoms with Gasteiger partial charge >= 0.3 is 5.97 Å². The van der Waals surface area contributed by atoms with Crippen LogP contribution >= 0.6 is 15.9 Å². The molecule has 2 N–H and O–H groups in total. The lowest BCUT2D eigenvalue weighted by Crippen LogP contribution is -2.36. The van der Waals surface area contributed by atoms with Gasteiger partial charge in [-0.15, -0.1) is 0 Å². The van der Waals surface area contributed by atoms with Gasteiger partial charge in [-0.25, -0.2) is 4.79 Å². The molecule has 0 radical (unpaired) electrons. The van der Waals surface area contributed by atoms with Crippen LogP contribution in [0.1, 0.15) is 13.8 Å². The maximum Gasteiger partial charge on any atom is 0.347 e. The maximum atomic E-state index is 10.2. The first-order valence-corrected chi connectivity index (χ1v) is 3.33. The Bertz CT molecular complexity index is 119. The summed E-state index contributed by atoms with van der Waals surface area (Å²) in [5.41, 5.74) is 0. The van der Waals surface area contributed by atoms with Crippen LogP contribution in [0.3, 0.4) is 0 Å². The van der Waals surface area contributed by atoms with Gasteiger partial charge in [0.2, 0.25) is 4.51 Å². The van der Waals surface area contributed by atoms with E-state index < -0.39 is 10.5 Å². The maximum absolute atomic E-state index is 10.2. The molecule has 0 aliphatic heterocycles. The Balaban J connectivity index is 4.19. The zero-order chi connectivity index (χ0) is 7.65. The summed E-state index contributed by atoms with van der Waals surface area (Å²) in [5, 5.41) is 17.3. The Kier molecular flexibility index (Phi) is 2.64. The molecule has 0 aromatic carbocycles. The number of aliphatic carboxylic acids is 1. The van der Waals surface area contributed by atoms with Crippen LogP contribution in [0.5, 0.6) is 0 Å². The molecule has 1 atom stereocenters.